The van der Waals surface area contributed by atoms with E-state index in [0.29, 0.717) is 13.0 Å². The van der Waals surface area contributed by atoms with Gasteiger partial charge in [0.1, 0.15) is 0 Å². The standard InChI is InChI=1S/C13H22N4O3S/c1-8-12(6-15-9(2)13(14)18)10(3)17(16-8)11-4-5-21(19,20)7-11/h9,11,15H,4-7H2,1-3H3,(H2,14,18). The van der Waals surface area contributed by atoms with Crippen LogP contribution in [0.15, 0.2) is 0 Å². The number of primary amides is 1. The van der Waals surface area contributed by atoms with Gasteiger partial charge in [0.25, 0.3) is 0 Å². The van der Waals surface area contributed by atoms with E-state index in [9.17, 15) is 13.2 Å². The van der Waals surface area contributed by atoms with Crippen LogP contribution in [0.4, 0.5) is 0 Å². The molecule has 1 aliphatic rings. The maximum Gasteiger partial charge on any atom is 0.234 e. The molecule has 1 aromatic rings. The SMILES string of the molecule is Cc1nn(C2CCS(=O)(=O)C2)c(C)c1CNC(C)C(N)=O. The lowest BCUT2D eigenvalue weighted by Gasteiger charge is -2.13. The third-order valence-corrected chi connectivity index (χ3v) is 5.79. The number of rotatable bonds is 5. The Labute approximate surface area is 124 Å². The average Bonchev–Trinajstić information content (AvgIpc) is 2.87. The lowest BCUT2D eigenvalue weighted by atomic mass is 10.1. The minimum Gasteiger partial charge on any atom is -0.368 e. The summed E-state index contributed by atoms with van der Waals surface area (Å²) in [6, 6.07) is -0.505. The van der Waals surface area contributed by atoms with E-state index in [1.807, 2.05) is 18.5 Å². The fourth-order valence-corrected chi connectivity index (χ4v) is 4.32. The van der Waals surface area contributed by atoms with Crippen LogP contribution in [0.2, 0.25) is 0 Å². The molecule has 118 valence electrons. The topological polar surface area (TPSA) is 107 Å². The van der Waals surface area contributed by atoms with Crippen molar-refractivity contribution >= 4 is 15.7 Å². The second-order valence-electron chi connectivity index (χ2n) is 5.66. The maximum absolute atomic E-state index is 11.6. The summed E-state index contributed by atoms with van der Waals surface area (Å²) in [4.78, 5) is 11.0. The Morgan fingerprint density at radius 1 is 1.52 bits per heavy atom. The lowest BCUT2D eigenvalue weighted by molar-refractivity contribution is -0.119. The van der Waals surface area contributed by atoms with Crippen LogP contribution in [0.5, 0.6) is 0 Å². The second kappa shape index (κ2) is 5.76. The smallest absolute Gasteiger partial charge is 0.234 e. The molecule has 1 aromatic heterocycles. The molecule has 2 unspecified atom stereocenters. The van der Waals surface area contributed by atoms with E-state index in [2.05, 4.69) is 10.4 Å². The minimum atomic E-state index is -2.94. The normalized spacial score (nSPS) is 22.3. The maximum atomic E-state index is 11.6. The van der Waals surface area contributed by atoms with Crippen LogP contribution < -0.4 is 11.1 Å². The Bertz CT molecular complexity index is 651. The van der Waals surface area contributed by atoms with Crippen molar-refractivity contribution in [2.75, 3.05) is 11.5 Å². The summed E-state index contributed by atoms with van der Waals surface area (Å²) < 4.78 is 25.0. The summed E-state index contributed by atoms with van der Waals surface area (Å²) in [6.45, 7) is 6.01. The van der Waals surface area contributed by atoms with E-state index in [4.69, 9.17) is 5.73 Å². The number of sulfone groups is 1. The zero-order valence-corrected chi connectivity index (χ0v) is 13.4. The molecule has 2 heterocycles. The van der Waals surface area contributed by atoms with Crippen molar-refractivity contribution < 1.29 is 13.2 Å². The number of hydrogen-bond acceptors (Lipinski definition) is 5. The lowest BCUT2D eigenvalue weighted by Crippen LogP contribution is -2.38. The van der Waals surface area contributed by atoms with E-state index in [1.54, 1.807) is 6.92 Å². The molecule has 2 rings (SSSR count). The molecule has 1 saturated heterocycles. The molecule has 2 atom stereocenters. The van der Waals surface area contributed by atoms with Gasteiger partial charge in [0.2, 0.25) is 5.91 Å². The van der Waals surface area contributed by atoms with Crippen molar-refractivity contribution in [1.82, 2.24) is 15.1 Å². The first kappa shape index (κ1) is 16.0. The molecule has 0 radical (unpaired) electrons. The summed E-state index contributed by atoms with van der Waals surface area (Å²) in [5, 5.41) is 7.53. The van der Waals surface area contributed by atoms with E-state index < -0.39 is 21.8 Å². The Kier molecular flexibility index (Phi) is 4.38. The zero-order valence-electron chi connectivity index (χ0n) is 12.6. The average molecular weight is 314 g/mol. The van der Waals surface area contributed by atoms with E-state index >= 15 is 0 Å². The van der Waals surface area contributed by atoms with Gasteiger partial charge in [-0.2, -0.15) is 5.10 Å². The van der Waals surface area contributed by atoms with Crippen molar-refractivity contribution in [3.8, 4) is 0 Å². The van der Waals surface area contributed by atoms with Crippen molar-refractivity contribution in [2.24, 2.45) is 5.73 Å². The monoisotopic (exact) mass is 314 g/mol. The number of aromatic nitrogens is 2. The summed E-state index contributed by atoms with van der Waals surface area (Å²) in [7, 11) is -2.94. The van der Waals surface area contributed by atoms with E-state index in [-0.39, 0.29) is 17.5 Å². The quantitative estimate of drug-likeness (QED) is 0.784. The molecular weight excluding hydrogens is 292 g/mol. The molecule has 0 bridgehead atoms. The minimum absolute atomic E-state index is 0.0870. The molecule has 0 aromatic carbocycles. The van der Waals surface area contributed by atoms with Crippen LogP contribution in [0.25, 0.3) is 0 Å². The molecule has 3 N–H and O–H groups in total. The summed E-state index contributed by atoms with van der Waals surface area (Å²) in [6.07, 6.45) is 0.606. The molecule has 8 heteroatoms. The number of nitrogens with zero attached hydrogens (tertiary/aromatic N) is 2. The summed E-state index contributed by atoms with van der Waals surface area (Å²) in [5.41, 5.74) is 8.01. The number of nitrogens with one attached hydrogen (secondary N) is 1. The molecule has 1 fully saturated rings. The van der Waals surface area contributed by atoms with Crippen LogP contribution in [-0.2, 0) is 21.2 Å². The number of hydrogen-bond donors (Lipinski definition) is 2. The highest BCUT2D eigenvalue weighted by Gasteiger charge is 2.31. The van der Waals surface area contributed by atoms with Crippen LogP contribution in [0.3, 0.4) is 0 Å². The van der Waals surface area contributed by atoms with Crippen LogP contribution in [0.1, 0.15) is 36.3 Å². The first-order valence-corrected chi connectivity index (χ1v) is 8.81. The zero-order chi connectivity index (χ0) is 15.8. The molecule has 0 aliphatic carbocycles. The van der Waals surface area contributed by atoms with E-state index in [1.165, 1.54) is 0 Å². The molecule has 0 saturated carbocycles. The molecule has 7 nitrogen and oxygen atoms in total. The van der Waals surface area contributed by atoms with Gasteiger partial charge in [-0.25, -0.2) is 8.42 Å². The van der Waals surface area contributed by atoms with Gasteiger partial charge in [-0.3, -0.25) is 9.48 Å². The van der Waals surface area contributed by atoms with Crippen LogP contribution in [-0.4, -0.2) is 41.7 Å². The van der Waals surface area contributed by atoms with Crippen LogP contribution in [0, 0.1) is 13.8 Å². The molecule has 1 aliphatic heterocycles. The molecular formula is C13H22N4O3S. The highest BCUT2D eigenvalue weighted by molar-refractivity contribution is 7.91. The number of carbonyl (C=O) groups excluding carboxylic acids is 1. The van der Waals surface area contributed by atoms with Gasteiger partial charge in [0.15, 0.2) is 9.84 Å². The molecule has 21 heavy (non-hydrogen) atoms. The van der Waals surface area contributed by atoms with Crippen molar-refractivity contribution in [1.29, 1.82) is 0 Å². The van der Waals surface area contributed by atoms with Crippen molar-refractivity contribution in [3.05, 3.63) is 17.0 Å². The van der Waals surface area contributed by atoms with Gasteiger partial charge >= 0.3 is 0 Å². The van der Waals surface area contributed by atoms with Gasteiger partial charge in [0.05, 0.1) is 29.3 Å². The Morgan fingerprint density at radius 2 is 2.19 bits per heavy atom. The van der Waals surface area contributed by atoms with Crippen molar-refractivity contribution in [2.45, 2.75) is 45.8 Å². The number of aryl methyl sites for hydroxylation is 1. The summed E-state index contributed by atoms with van der Waals surface area (Å²) in [5.74, 6) is -0.0264. The van der Waals surface area contributed by atoms with Gasteiger partial charge in [-0.15, -0.1) is 0 Å². The molecule has 0 spiro atoms. The van der Waals surface area contributed by atoms with Crippen molar-refractivity contribution in [3.63, 3.8) is 0 Å². The number of amides is 1. The number of carbonyl (C=O) groups is 1. The first-order chi connectivity index (χ1) is 9.71. The van der Waals surface area contributed by atoms with E-state index in [0.717, 1.165) is 17.0 Å². The van der Waals surface area contributed by atoms with Gasteiger partial charge in [-0.1, -0.05) is 0 Å². The molecule has 1 amide bonds. The fraction of sp³-hybridized carbons (Fsp3) is 0.692. The van der Waals surface area contributed by atoms with Crippen LogP contribution >= 0.6 is 0 Å². The first-order valence-electron chi connectivity index (χ1n) is 6.99. The van der Waals surface area contributed by atoms with Gasteiger partial charge in [0, 0.05) is 17.8 Å². The van der Waals surface area contributed by atoms with Gasteiger partial charge in [-0.05, 0) is 27.2 Å². The predicted molar refractivity (Wildman–Crippen MR) is 79.5 cm³/mol. The predicted octanol–water partition coefficient (Wildman–Crippen LogP) is -0.177. The largest absolute Gasteiger partial charge is 0.368 e. The Balaban J connectivity index is 2.16. The third kappa shape index (κ3) is 3.44. The number of nitrogens with two attached hydrogens (primary N) is 1. The van der Waals surface area contributed by atoms with Gasteiger partial charge < -0.3 is 11.1 Å². The summed E-state index contributed by atoms with van der Waals surface area (Å²) >= 11 is 0. The third-order valence-electron chi connectivity index (χ3n) is 4.04. The fourth-order valence-electron chi connectivity index (χ4n) is 2.63. The Morgan fingerprint density at radius 3 is 2.71 bits per heavy atom. The highest BCUT2D eigenvalue weighted by Crippen LogP contribution is 2.26. The second-order valence-corrected chi connectivity index (χ2v) is 7.88. The highest BCUT2D eigenvalue weighted by atomic mass is 32.2. The Hall–Kier alpha value is -1.41.